The Morgan fingerprint density at radius 3 is 2.23 bits per heavy atom. The number of benzene rings is 1. The summed E-state index contributed by atoms with van der Waals surface area (Å²) in [6, 6.07) is 3.86. The van der Waals surface area contributed by atoms with Gasteiger partial charge in [0.25, 0.3) is 0 Å². The van der Waals surface area contributed by atoms with E-state index in [4.69, 9.17) is 4.74 Å². The van der Waals surface area contributed by atoms with E-state index in [1.807, 2.05) is 26.0 Å². The van der Waals surface area contributed by atoms with Crippen LogP contribution in [0.3, 0.4) is 0 Å². The van der Waals surface area contributed by atoms with E-state index in [2.05, 4.69) is 6.92 Å². The lowest BCUT2D eigenvalue weighted by Gasteiger charge is -2.08. The van der Waals surface area contributed by atoms with Crippen molar-refractivity contribution in [2.75, 3.05) is 6.61 Å². The van der Waals surface area contributed by atoms with Crippen molar-refractivity contribution in [2.24, 2.45) is 0 Å². The molecule has 69 valence electrons. The van der Waals surface area contributed by atoms with Gasteiger partial charge in [0, 0.05) is 0 Å². The Morgan fingerprint density at radius 2 is 1.77 bits per heavy atom. The predicted molar refractivity (Wildman–Crippen MR) is 51.8 cm³/mol. The molecule has 0 aliphatic carbocycles. The fourth-order valence-corrected chi connectivity index (χ4v) is 1.19. The fourth-order valence-electron chi connectivity index (χ4n) is 1.19. The first-order valence-electron chi connectivity index (χ1n) is 4.21. The van der Waals surface area contributed by atoms with E-state index in [-0.39, 0.29) is 6.61 Å². The molecule has 2 nitrogen and oxygen atoms in total. The largest absolute Gasteiger partial charge is 0.485 e. The molecule has 0 aliphatic heterocycles. The molecule has 0 N–H and O–H groups in total. The number of rotatable bonds is 3. The van der Waals surface area contributed by atoms with Crippen molar-refractivity contribution in [3.05, 3.63) is 28.8 Å². The molecule has 0 bridgehead atoms. The van der Waals surface area contributed by atoms with Gasteiger partial charge in [0.15, 0.2) is 6.61 Å². The fraction of sp³-hybridized carbons (Fsp3) is 0.364. The highest BCUT2D eigenvalue weighted by Gasteiger charge is 2.01. The van der Waals surface area contributed by atoms with Crippen LogP contribution in [0.15, 0.2) is 12.1 Å². The molecule has 1 radical (unpaired) electrons. The second-order valence-electron chi connectivity index (χ2n) is 3.12. The molecule has 0 amide bonds. The summed E-state index contributed by atoms with van der Waals surface area (Å²) in [4.78, 5) is 9.96. The third-order valence-electron chi connectivity index (χ3n) is 2.20. The van der Waals surface area contributed by atoms with Gasteiger partial charge in [-0.15, -0.1) is 0 Å². The molecule has 13 heavy (non-hydrogen) atoms. The molecule has 0 aromatic heterocycles. The standard InChI is InChI=1S/C11H13O2/c1-8-6-11(13-5-4-12)7-9(2)10(8)3/h6-7H,5H2,1-3H3. The maximum atomic E-state index is 9.96. The predicted octanol–water partition coefficient (Wildman–Crippen LogP) is 2.10. The van der Waals surface area contributed by atoms with Crippen molar-refractivity contribution < 1.29 is 9.53 Å². The molecule has 0 fully saturated rings. The van der Waals surface area contributed by atoms with Crippen LogP contribution in [0.5, 0.6) is 5.75 Å². The van der Waals surface area contributed by atoms with Crippen LogP contribution in [0.2, 0.25) is 0 Å². The number of hydrogen-bond acceptors (Lipinski definition) is 2. The van der Waals surface area contributed by atoms with Crippen LogP contribution < -0.4 is 4.74 Å². The molecule has 0 heterocycles. The van der Waals surface area contributed by atoms with Gasteiger partial charge in [-0.05, 0) is 49.6 Å². The smallest absolute Gasteiger partial charge is 0.239 e. The van der Waals surface area contributed by atoms with Crippen LogP contribution in [0.4, 0.5) is 0 Å². The molecule has 0 saturated carbocycles. The normalized spacial score (nSPS) is 9.77. The lowest BCUT2D eigenvalue weighted by molar-refractivity contribution is 0.364. The average Bonchev–Trinajstić information content (AvgIpc) is 2.10. The van der Waals surface area contributed by atoms with Gasteiger partial charge in [-0.3, -0.25) is 4.79 Å². The third-order valence-corrected chi connectivity index (χ3v) is 2.20. The molecule has 0 unspecified atom stereocenters. The second kappa shape index (κ2) is 4.08. The maximum Gasteiger partial charge on any atom is 0.239 e. The first-order chi connectivity index (χ1) is 6.15. The molecule has 0 atom stereocenters. The van der Waals surface area contributed by atoms with Crippen LogP contribution >= 0.6 is 0 Å². The Kier molecular flexibility index (Phi) is 3.07. The van der Waals surface area contributed by atoms with Crippen LogP contribution in [0, 0.1) is 20.8 Å². The van der Waals surface area contributed by atoms with E-state index in [1.54, 1.807) is 6.29 Å². The molecule has 1 rings (SSSR count). The van der Waals surface area contributed by atoms with Crippen LogP contribution in [0.1, 0.15) is 16.7 Å². The number of ether oxygens (including phenoxy) is 1. The summed E-state index contributed by atoms with van der Waals surface area (Å²) in [5.74, 6) is 0.740. The van der Waals surface area contributed by atoms with Crippen molar-refractivity contribution in [1.29, 1.82) is 0 Å². The van der Waals surface area contributed by atoms with Gasteiger partial charge in [0.05, 0.1) is 0 Å². The lowest BCUT2D eigenvalue weighted by atomic mass is 10.0. The summed E-state index contributed by atoms with van der Waals surface area (Å²) in [6.45, 7) is 6.13. The summed E-state index contributed by atoms with van der Waals surface area (Å²) in [6.07, 6.45) is 1.70. The Bertz CT molecular complexity index is 293. The van der Waals surface area contributed by atoms with Gasteiger partial charge >= 0.3 is 0 Å². The molecule has 0 aliphatic rings. The van der Waals surface area contributed by atoms with Crippen LogP contribution in [0.25, 0.3) is 0 Å². The average molecular weight is 177 g/mol. The number of carbonyl (C=O) groups excluding carboxylic acids is 1. The molecular formula is C11H13O2. The highest BCUT2D eigenvalue weighted by molar-refractivity contribution is 5.52. The molecule has 2 heteroatoms. The minimum absolute atomic E-state index is 0.00193. The Hall–Kier alpha value is -1.31. The zero-order valence-corrected chi connectivity index (χ0v) is 8.18. The summed E-state index contributed by atoms with van der Waals surface area (Å²) >= 11 is 0. The van der Waals surface area contributed by atoms with Crippen molar-refractivity contribution in [1.82, 2.24) is 0 Å². The van der Waals surface area contributed by atoms with Gasteiger partial charge in [0.1, 0.15) is 5.75 Å². The first kappa shape index (κ1) is 9.78. The van der Waals surface area contributed by atoms with Gasteiger partial charge < -0.3 is 4.74 Å². The van der Waals surface area contributed by atoms with Crippen molar-refractivity contribution in [3.8, 4) is 5.75 Å². The molecule has 0 spiro atoms. The number of hydrogen-bond donors (Lipinski definition) is 0. The van der Waals surface area contributed by atoms with Gasteiger partial charge in [-0.2, -0.15) is 0 Å². The Labute approximate surface area is 78.5 Å². The van der Waals surface area contributed by atoms with E-state index in [0.717, 1.165) is 5.75 Å². The Morgan fingerprint density at radius 1 is 1.23 bits per heavy atom. The summed E-state index contributed by atoms with van der Waals surface area (Å²) < 4.78 is 5.15. The van der Waals surface area contributed by atoms with Crippen molar-refractivity contribution in [2.45, 2.75) is 20.8 Å². The monoisotopic (exact) mass is 177 g/mol. The van der Waals surface area contributed by atoms with Crippen LogP contribution in [-0.4, -0.2) is 12.9 Å². The van der Waals surface area contributed by atoms with Crippen molar-refractivity contribution in [3.63, 3.8) is 0 Å². The van der Waals surface area contributed by atoms with Gasteiger partial charge in [-0.25, -0.2) is 0 Å². The SMILES string of the molecule is Cc1cc(OC[C]=O)cc(C)c1C. The second-order valence-corrected chi connectivity index (χ2v) is 3.12. The molecule has 1 aromatic carbocycles. The highest BCUT2D eigenvalue weighted by Crippen LogP contribution is 2.20. The van der Waals surface area contributed by atoms with Gasteiger partial charge in [0.2, 0.25) is 6.29 Å². The highest BCUT2D eigenvalue weighted by atomic mass is 16.5. The minimum atomic E-state index is 0.00193. The maximum absolute atomic E-state index is 9.96. The topological polar surface area (TPSA) is 26.3 Å². The van der Waals surface area contributed by atoms with E-state index in [1.165, 1.54) is 16.7 Å². The summed E-state index contributed by atoms with van der Waals surface area (Å²) in [7, 11) is 0. The van der Waals surface area contributed by atoms with E-state index in [0.29, 0.717) is 0 Å². The molecule has 0 saturated heterocycles. The lowest BCUT2D eigenvalue weighted by Crippen LogP contribution is -1.99. The zero-order chi connectivity index (χ0) is 9.84. The van der Waals surface area contributed by atoms with E-state index in [9.17, 15) is 4.79 Å². The molecular weight excluding hydrogens is 164 g/mol. The third kappa shape index (κ3) is 2.31. The first-order valence-corrected chi connectivity index (χ1v) is 4.21. The quantitative estimate of drug-likeness (QED) is 0.706. The molecule has 1 aromatic rings. The van der Waals surface area contributed by atoms with Gasteiger partial charge in [-0.1, -0.05) is 0 Å². The minimum Gasteiger partial charge on any atom is -0.485 e. The zero-order valence-electron chi connectivity index (χ0n) is 8.18. The van der Waals surface area contributed by atoms with E-state index < -0.39 is 0 Å². The summed E-state index contributed by atoms with van der Waals surface area (Å²) in [5, 5.41) is 0. The number of aryl methyl sites for hydroxylation is 2. The summed E-state index contributed by atoms with van der Waals surface area (Å²) in [5.41, 5.74) is 3.63. The van der Waals surface area contributed by atoms with Crippen LogP contribution in [-0.2, 0) is 4.79 Å². The van der Waals surface area contributed by atoms with E-state index >= 15 is 0 Å². The van der Waals surface area contributed by atoms with Crippen molar-refractivity contribution >= 4 is 6.29 Å². The Balaban J connectivity index is 2.92.